The zero-order valence-electron chi connectivity index (χ0n) is 10.2. The molecule has 0 fully saturated rings. The Labute approximate surface area is 102 Å². The maximum absolute atomic E-state index is 11.5. The van der Waals surface area contributed by atoms with Gasteiger partial charge in [0.15, 0.2) is 0 Å². The first-order valence-electron chi connectivity index (χ1n) is 6.06. The molecule has 0 aromatic heterocycles. The molecule has 0 aliphatic carbocycles. The van der Waals surface area contributed by atoms with Crippen LogP contribution in [0.4, 0.5) is 0 Å². The van der Waals surface area contributed by atoms with Gasteiger partial charge in [0.1, 0.15) is 0 Å². The number of rotatable bonds is 8. The average molecular weight is 278 g/mol. The summed E-state index contributed by atoms with van der Waals surface area (Å²) in [5, 5.41) is 3.02. The molecule has 2 unspecified atom stereocenters. The molecule has 0 rings (SSSR count). The summed E-state index contributed by atoms with van der Waals surface area (Å²) < 4.78 is 0. The Morgan fingerprint density at radius 3 is 2.47 bits per heavy atom. The summed E-state index contributed by atoms with van der Waals surface area (Å²) >= 11 is 3.35. The molecule has 0 saturated carbocycles. The lowest BCUT2D eigenvalue weighted by Crippen LogP contribution is -2.37. The zero-order valence-corrected chi connectivity index (χ0v) is 11.8. The molecule has 90 valence electrons. The lowest BCUT2D eigenvalue weighted by molar-refractivity contribution is -0.121. The second-order valence-electron chi connectivity index (χ2n) is 4.13. The number of carbonyl (C=O) groups excluding carboxylic acids is 1. The van der Waals surface area contributed by atoms with Crippen LogP contribution in [0.1, 0.15) is 59.3 Å². The highest BCUT2D eigenvalue weighted by molar-refractivity contribution is 9.10. The smallest absolute Gasteiger partial charge is 0.233 e. The molecule has 0 aromatic carbocycles. The lowest BCUT2D eigenvalue weighted by atomic mass is 10.1. The fraction of sp³-hybridized carbons (Fsp3) is 0.917. The first kappa shape index (κ1) is 14.9. The number of carbonyl (C=O) groups is 1. The van der Waals surface area contributed by atoms with Crippen LogP contribution in [0.15, 0.2) is 0 Å². The quantitative estimate of drug-likeness (QED) is 0.533. The van der Waals surface area contributed by atoms with E-state index in [-0.39, 0.29) is 10.7 Å². The topological polar surface area (TPSA) is 29.1 Å². The van der Waals surface area contributed by atoms with E-state index in [0.717, 1.165) is 12.8 Å². The van der Waals surface area contributed by atoms with Crippen molar-refractivity contribution >= 4 is 21.8 Å². The minimum absolute atomic E-state index is 0.0319. The van der Waals surface area contributed by atoms with E-state index >= 15 is 0 Å². The molecule has 2 atom stereocenters. The van der Waals surface area contributed by atoms with Crippen molar-refractivity contribution in [2.45, 2.75) is 70.2 Å². The highest BCUT2D eigenvalue weighted by atomic mass is 79.9. The number of amides is 1. The fourth-order valence-corrected chi connectivity index (χ4v) is 1.60. The molecule has 0 bridgehead atoms. The van der Waals surface area contributed by atoms with Gasteiger partial charge in [-0.3, -0.25) is 4.79 Å². The summed E-state index contributed by atoms with van der Waals surface area (Å²) in [4.78, 5) is 11.5. The van der Waals surface area contributed by atoms with Gasteiger partial charge in [-0.25, -0.2) is 0 Å². The molecule has 0 radical (unpaired) electrons. The molecule has 2 nitrogen and oxygen atoms in total. The highest BCUT2D eigenvalue weighted by Crippen LogP contribution is 2.08. The number of nitrogens with one attached hydrogen (secondary N) is 1. The van der Waals surface area contributed by atoms with Crippen LogP contribution in [0.25, 0.3) is 0 Å². The standard InChI is InChI=1S/C12H24BrNO/c1-4-6-7-8-9-10(3)14-12(15)11(13)5-2/h10-11H,4-9H2,1-3H3,(H,14,15). The zero-order chi connectivity index (χ0) is 11.7. The molecule has 15 heavy (non-hydrogen) atoms. The van der Waals surface area contributed by atoms with E-state index in [1.165, 1.54) is 25.7 Å². The van der Waals surface area contributed by atoms with Crippen molar-refractivity contribution in [1.29, 1.82) is 0 Å². The molecule has 3 heteroatoms. The predicted octanol–water partition coefficient (Wildman–Crippen LogP) is 3.64. The third-order valence-corrected chi connectivity index (χ3v) is 3.59. The molecule has 0 spiro atoms. The first-order chi connectivity index (χ1) is 7.11. The lowest BCUT2D eigenvalue weighted by Gasteiger charge is -2.15. The highest BCUT2D eigenvalue weighted by Gasteiger charge is 2.14. The van der Waals surface area contributed by atoms with Crippen molar-refractivity contribution in [2.75, 3.05) is 0 Å². The van der Waals surface area contributed by atoms with E-state index in [4.69, 9.17) is 0 Å². The summed E-state index contributed by atoms with van der Waals surface area (Å²) in [6.45, 7) is 6.30. The summed E-state index contributed by atoms with van der Waals surface area (Å²) in [6, 6.07) is 0.306. The molecule has 1 amide bonds. The van der Waals surface area contributed by atoms with Crippen LogP contribution < -0.4 is 5.32 Å². The van der Waals surface area contributed by atoms with Gasteiger partial charge in [-0.05, 0) is 19.8 Å². The number of hydrogen-bond donors (Lipinski definition) is 1. The van der Waals surface area contributed by atoms with E-state index in [9.17, 15) is 4.79 Å². The molecule has 0 saturated heterocycles. The second-order valence-corrected chi connectivity index (χ2v) is 5.24. The van der Waals surface area contributed by atoms with Crippen LogP contribution in [0.3, 0.4) is 0 Å². The van der Waals surface area contributed by atoms with Gasteiger partial charge < -0.3 is 5.32 Å². The predicted molar refractivity (Wildman–Crippen MR) is 69.4 cm³/mol. The number of unbranched alkanes of at least 4 members (excludes halogenated alkanes) is 3. The van der Waals surface area contributed by atoms with E-state index in [1.54, 1.807) is 0 Å². The third-order valence-electron chi connectivity index (χ3n) is 2.52. The number of alkyl halides is 1. The first-order valence-corrected chi connectivity index (χ1v) is 6.97. The van der Waals surface area contributed by atoms with Gasteiger partial charge in [-0.2, -0.15) is 0 Å². The van der Waals surface area contributed by atoms with Crippen molar-refractivity contribution in [2.24, 2.45) is 0 Å². The van der Waals surface area contributed by atoms with Gasteiger partial charge in [-0.1, -0.05) is 55.5 Å². The minimum Gasteiger partial charge on any atom is -0.353 e. The number of halogens is 1. The summed E-state index contributed by atoms with van der Waals surface area (Å²) in [7, 11) is 0. The van der Waals surface area contributed by atoms with Crippen molar-refractivity contribution in [1.82, 2.24) is 5.32 Å². The molecular weight excluding hydrogens is 254 g/mol. The maximum Gasteiger partial charge on any atom is 0.233 e. The normalized spacial score (nSPS) is 14.7. The van der Waals surface area contributed by atoms with Gasteiger partial charge >= 0.3 is 0 Å². The minimum atomic E-state index is -0.0319. The Morgan fingerprint density at radius 1 is 1.27 bits per heavy atom. The van der Waals surface area contributed by atoms with E-state index < -0.39 is 0 Å². The Morgan fingerprint density at radius 2 is 1.93 bits per heavy atom. The van der Waals surface area contributed by atoms with Crippen molar-refractivity contribution in [3.05, 3.63) is 0 Å². The average Bonchev–Trinajstić information content (AvgIpc) is 2.23. The van der Waals surface area contributed by atoms with Crippen LogP contribution in [-0.4, -0.2) is 16.8 Å². The van der Waals surface area contributed by atoms with Gasteiger partial charge in [0, 0.05) is 6.04 Å². The van der Waals surface area contributed by atoms with E-state index in [2.05, 4.69) is 35.1 Å². The summed E-state index contributed by atoms with van der Waals surface area (Å²) in [5.74, 6) is 0.125. The van der Waals surface area contributed by atoms with Crippen LogP contribution in [-0.2, 0) is 4.79 Å². The summed E-state index contributed by atoms with van der Waals surface area (Å²) in [5.41, 5.74) is 0. The molecule has 1 N–H and O–H groups in total. The Balaban J connectivity index is 3.55. The SMILES string of the molecule is CCCCCCC(C)NC(=O)C(Br)CC. The maximum atomic E-state index is 11.5. The Bertz CT molecular complexity index is 173. The Kier molecular flexibility index (Phi) is 9.17. The molecule has 0 aliphatic rings. The van der Waals surface area contributed by atoms with Crippen molar-refractivity contribution in [3.8, 4) is 0 Å². The largest absolute Gasteiger partial charge is 0.353 e. The van der Waals surface area contributed by atoms with Gasteiger partial charge in [0.2, 0.25) is 5.91 Å². The second kappa shape index (κ2) is 9.20. The van der Waals surface area contributed by atoms with Crippen LogP contribution in [0.5, 0.6) is 0 Å². The molecule has 0 aromatic rings. The van der Waals surface area contributed by atoms with Gasteiger partial charge in [-0.15, -0.1) is 0 Å². The molecule has 0 heterocycles. The monoisotopic (exact) mass is 277 g/mol. The molecule has 0 aliphatic heterocycles. The van der Waals surface area contributed by atoms with Gasteiger partial charge in [0.05, 0.1) is 4.83 Å². The van der Waals surface area contributed by atoms with Crippen molar-refractivity contribution < 1.29 is 4.79 Å². The number of hydrogen-bond acceptors (Lipinski definition) is 1. The third kappa shape index (κ3) is 7.83. The molecular formula is C12H24BrNO. The van der Waals surface area contributed by atoms with Crippen LogP contribution >= 0.6 is 15.9 Å². The van der Waals surface area contributed by atoms with E-state index in [1.807, 2.05) is 6.92 Å². The fourth-order valence-electron chi connectivity index (χ4n) is 1.47. The Hall–Kier alpha value is -0.0500. The van der Waals surface area contributed by atoms with Crippen LogP contribution in [0.2, 0.25) is 0 Å². The van der Waals surface area contributed by atoms with Crippen molar-refractivity contribution in [3.63, 3.8) is 0 Å². The summed E-state index contributed by atoms with van der Waals surface area (Å²) in [6.07, 6.45) is 7.00. The van der Waals surface area contributed by atoms with E-state index in [0.29, 0.717) is 6.04 Å². The van der Waals surface area contributed by atoms with Gasteiger partial charge in [0.25, 0.3) is 0 Å². The van der Waals surface area contributed by atoms with Crippen LogP contribution in [0, 0.1) is 0 Å².